The van der Waals surface area contributed by atoms with E-state index in [-0.39, 0.29) is 12.0 Å². The Morgan fingerprint density at radius 3 is 2.52 bits per heavy atom. The first-order valence-electron chi connectivity index (χ1n) is 11.3. The molecule has 5 nitrogen and oxygen atoms in total. The van der Waals surface area contributed by atoms with Crippen molar-refractivity contribution in [3.8, 4) is 11.3 Å². The summed E-state index contributed by atoms with van der Waals surface area (Å²) in [6, 6.07) is 5.48. The minimum atomic E-state index is -0.172. The number of hydrogen-bond donors (Lipinski definition) is 2. The molecule has 1 aliphatic carbocycles. The Kier molecular flexibility index (Phi) is 7.07. The van der Waals surface area contributed by atoms with E-state index >= 15 is 0 Å². The number of piperidine rings is 1. The molecule has 2 aliphatic rings. The molecular weight excluding hydrogens is 431 g/mol. The van der Waals surface area contributed by atoms with Crippen molar-refractivity contribution in [2.45, 2.75) is 58.5 Å². The number of nitrogens with two attached hydrogens (primary N) is 1. The van der Waals surface area contributed by atoms with E-state index in [1.54, 1.807) is 6.07 Å². The monoisotopic (exact) mass is 462 g/mol. The van der Waals surface area contributed by atoms with Gasteiger partial charge in [-0.3, -0.25) is 0 Å². The number of rotatable bonds is 6. The summed E-state index contributed by atoms with van der Waals surface area (Å²) in [5.74, 6) is 1.61. The van der Waals surface area contributed by atoms with Gasteiger partial charge in [0.2, 0.25) is 0 Å². The second-order valence-corrected chi connectivity index (χ2v) is 10.0. The van der Waals surface area contributed by atoms with Crippen LogP contribution in [0.15, 0.2) is 18.2 Å². The normalized spacial score (nSPS) is 19.2. The van der Waals surface area contributed by atoms with E-state index in [0.29, 0.717) is 21.4 Å². The maximum Gasteiger partial charge on any atom is 0.153 e. The highest BCUT2D eigenvalue weighted by molar-refractivity contribution is 6.43. The Morgan fingerprint density at radius 1 is 1.16 bits per heavy atom. The molecule has 0 radical (unpaired) electrons. The van der Waals surface area contributed by atoms with Crippen LogP contribution in [0.4, 0.5) is 5.82 Å². The SMILES string of the molecule is Cc1nc(N2CCC(CN)(CC3CCCC3)CC2)c(CO)nc1-c1cccc(Cl)c1Cl. The lowest BCUT2D eigenvalue weighted by atomic mass is 9.72. The summed E-state index contributed by atoms with van der Waals surface area (Å²) >= 11 is 12.6. The van der Waals surface area contributed by atoms with Gasteiger partial charge in [-0.2, -0.15) is 0 Å². The lowest BCUT2D eigenvalue weighted by Gasteiger charge is -2.43. The first-order valence-corrected chi connectivity index (χ1v) is 12.1. The summed E-state index contributed by atoms with van der Waals surface area (Å²) in [5, 5.41) is 11.0. The molecule has 4 rings (SSSR count). The van der Waals surface area contributed by atoms with Crippen LogP contribution in [0.2, 0.25) is 10.0 Å². The summed E-state index contributed by atoms with van der Waals surface area (Å²) in [5.41, 5.74) is 9.27. The molecule has 2 aromatic rings. The van der Waals surface area contributed by atoms with E-state index in [1.807, 2.05) is 19.1 Å². The fourth-order valence-corrected chi connectivity index (χ4v) is 5.74. The molecule has 1 saturated heterocycles. The predicted octanol–water partition coefficient (Wildman–Crippen LogP) is 5.38. The highest BCUT2D eigenvalue weighted by Gasteiger charge is 2.37. The van der Waals surface area contributed by atoms with Gasteiger partial charge in [-0.15, -0.1) is 0 Å². The summed E-state index contributed by atoms with van der Waals surface area (Å²) in [6.45, 7) is 4.29. The van der Waals surface area contributed by atoms with Gasteiger partial charge in [0.05, 0.1) is 28.0 Å². The van der Waals surface area contributed by atoms with Crippen LogP contribution in [0.25, 0.3) is 11.3 Å². The largest absolute Gasteiger partial charge is 0.390 e. The molecule has 1 aromatic carbocycles. The molecular formula is C24H32Cl2N4O. The molecule has 168 valence electrons. The zero-order chi connectivity index (χ0) is 22.0. The molecule has 0 amide bonds. The van der Waals surface area contributed by atoms with Gasteiger partial charge in [-0.05, 0) is 50.1 Å². The fourth-order valence-electron chi connectivity index (χ4n) is 5.35. The Morgan fingerprint density at radius 2 is 1.87 bits per heavy atom. The van der Waals surface area contributed by atoms with Crippen LogP contribution in [0, 0.1) is 18.3 Å². The van der Waals surface area contributed by atoms with Crippen molar-refractivity contribution in [2.24, 2.45) is 17.1 Å². The van der Waals surface area contributed by atoms with Crippen molar-refractivity contribution in [3.05, 3.63) is 39.6 Å². The smallest absolute Gasteiger partial charge is 0.153 e. The third kappa shape index (κ3) is 4.70. The van der Waals surface area contributed by atoms with Crippen LogP contribution in [-0.2, 0) is 6.61 Å². The van der Waals surface area contributed by atoms with Gasteiger partial charge < -0.3 is 15.7 Å². The van der Waals surface area contributed by atoms with Crippen LogP contribution in [0.5, 0.6) is 0 Å². The summed E-state index contributed by atoms with van der Waals surface area (Å²) in [4.78, 5) is 11.9. The number of aliphatic hydroxyl groups is 1. The first-order chi connectivity index (χ1) is 15.0. The highest BCUT2D eigenvalue weighted by Crippen LogP contribution is 2.43. The molecule has 1 aromatic heterocycles. The van der Waals surface area contributed by atoms with E-state index in [4.69, 9.17) is 38.9 Å². The number of hydrogen-bond acceptors (Lipinski definition) is 5. The Bertz CT molecular complexity index is 922. The van der Waals surface area contributed by atoms with Gasteiger partial charge in [0.25, 0.3) is 0 Å². The van der Waals surface area contributed by atoms with Crippen molar-refractivity contribution >= 4 is 29.0 Å². The number of anilines is 1. The van der Waals surface area contributed by atoms with E-state index in [1.165, 1.54) is 32.1 Å². The molecule has 2 heterocycles. The van der Waals surface area contributed by atoms with Crippen molar-refractivity contribution < 1.29 is 5.11 Å². The molecule has 0 atom stereocenters. The fraction of sp³-hybridized carbons (Fsp3) is 0.583. The lowest BCUT2D eigenvalue weighted by molar-refractivity contribution is 0.172. The molecule has 0 spiro atoms. The molecule has 1 saturated carbocycles. The second kappa shape index (κ2) is 9.62. The van der Waals surface area contributed by atoms with Gasteiger partial charge in [-0.1, -0.05) is 61.0 Å². The molecule has 0 bridgehead atoms. The Balaban J connectivity index is 1.56. The maximum atomic E-state index is 10.1. The summed E-state index contributed by atoms with van der Waals surface area (Å²) < 4.78 is 0. The van der Waals surface area contributed by atoms with Gasteiger partial charge in [0, 0.05) is 18.7 Å². The standard InChI is InChI=1S/C24H32Cl2N4O/c1-16-22(18-7-4-8-19(25)21(18)26)29-20(14-31)23(28-16)30-11-9-24(15-27,10-12-30)13-17-5-2-3-6-17/h4,7-8,17,31H,2-3,5-6,9-15,27H2,1H3. The van der Waals surface area contributed by atoms with Gasteiger partial charge in [0.15, 0.2) is 5.82 Å². The van der Waals surface area contributed by atoms with Crippen molar-refractivity contribution in [3.63, 3.8) is 0 Å². The van der Waals surface area contributed by atoms with E-state index < -0.39 is 0 Å². The number of aliphatic hydroxyl groups excluding tert-OH is 1. The van der Waals surface area contributed by atoms with Crippen molar-refractivity contribution in [1.29, 1.82) is 0 Å². The average Bonchev–Trinajstić information content (AvgIpc) is 3.29. The zero-order valence-electron chi connectivity index (χ0n) is 18.2. The van der Waals surface area contributed by atoms with E-state index in [2.05, 4.69) is 4.90 Å². The Labute approximate surface area is 195 Å². The second-order valence-electron chi connectivity index (χ2n) is 9.23. The van der Waals surface area contributed by atoms with Gasteiger partial charge >= 0.3 is 0 Å². The van der Waals surface area contributed by atoms with Crippen LogP contribution in [0.1, 0.15) is 56.3 Å². The number of aryl methyl sites for hydroxylation is 1. The molecule has 0 unspecified atom stereocenters. The minimum absolute atomic E-state index is 0.172. The zero-order valence-corrected chi connectivity index (χ0v) is 19.7. The summed E-state index contributed by atoms with van der Waals surface area (Å²) in [7, 11) is 0. The number of nitrogens with zero attached hydrogens (tertiary/aromatic N) is 3. The molecule has 2 fully saturated rings. The number of aromatic nitrogens is 2. The predicted molar refractivity (Wildman–Crippen MR) is 128 cm³/mol. The molecule has 3 N–H and O–H groups in total. The topological polar surface area (TPSA) is 75.3 Å². The minimum Gasteiger partial charge on any atom is -0.390 e. The maximum absolute atomic E-state index is 10.1. The Hall–Kier alpha value is -1.40. The highest BCUT2D eigenvalue weighted by atomic mass is 35.5. The third-order valence-corrected chi connectivity index (χ3v) is 8.05. The average molecular weight is 463 g/mol. The first kappa shape index (κ1) is 22.8. The van der Waals surface area contributed by atoms with Crippen LogP contribution in [-0.4, -0.2) is 34.7 Å². The lowest BCUT2D eigenvalue weighted by Crippen LogP contribution is -2.45. The quantitative estimate of drug-likeness (QED) is 0.602. The van der Waals surface area contributed by atoms with Crippen LogP contribution >= 0.6 is 23.2 Å². The van der Waals surface area contributed by atoms with Gasteiger partial charge in [-0.25, -0.2) is 9.97 Å². The molecule has 7 heteroatoms. The molecule has 31 heavy (non-hydrogen) atoms. The molecule has 1 aliphatic heterocycles. The van der Waals surface area contributed by atoms with E-state index in [0.717, 1.165) is 55.5 Å². The number of benzene rings is 1. The van der Waals surface area contributed by atoms with Crippen LogP contribution < -0.4 is 10.6 Å². The summed E-state index contributed by atoms with van der Waals surface area (Å²) in [6.07, 6.45) is 8.84. The number of halogens is 2. The van der Waals surface area contributed by atoms with Crippen molar-refractivity contribution in [2.75, 3.05) is 24.5 Å². The third-order valence-electron chi connectivity index (χ3n) is 7.23. The van der Waals surface area contributed by atoms with Crippen molar-refractivity contribution in [1.82, 2.24) is 9.97 Å². The van der Waals surface area contributed by atoms with E-state index in [9.17, 15) is 5.11 Å². The van der Waals surface area contributed by atoms with Gasteiger partial charge in [0.1, 0.15) is 5.69 Å². The van der Waals surface area contributed by atoms with Crippen LogP contribution in [0.3, 0.4) is 0 Å².